The van der Waals surface area contributed by atoms with Crippen molar-refractivity contribution in [2.45, 2.75) is 227 Å². The minimum atomic E-state index is -1.90. The zero-order chi connectivity index (χ0) is 43.3. The normalized spacial score (nSPS) is 23.6. The van der Waals surface area contributed by atoms with Crippen molar-refractivity contribution in [1.29, 1.82) is 0 Å². The maximum absolute atomic E-state index is 2.91. The molecular formula is C55H86S4Si2. The smallest absolute Gasteiger partial charge is 0.122 e. The highest BCUT2D eigenvalue weighted by Gasteiger charge is 2.52. The predicted octanol–water partition coefficient (Wildman–Crippen LogP) is 17.6. The van der Waals surface area contributed by atoms with Crippen LogP contribution in [-0.2, 0) is 0 Å². The number of rotatable bonds is 26. The fraction of sp³-hybridized carbons (Fsp3) is 0.709. The Morgan fingerprint density at radius 1 is 0.443 bits per heavy atom. The monoisotopic (exact) mass is 931 g/mol. The molecule has 1 fully saturated rings. The summed E-state index contributed by atoms with van der Waals surface area (Å²) in [4.78, 5) is 13.6. The molecule has 3 aliphatic rings. The topological polar surface area (TPSA) is 0 Å². The zero-order valence-electron chi connectivity index (χ0n) is 40.7. The van der Waals surface area contributed by atoms with Gasteiger partial charge in [-0.3, -0.25) is 0 Å². The van der Waals surface area contributed by atoms with Crippen molar-refractivity contribution in [1.82, 2.24) is 0 Å². The highest BCUT2D eigenvalue weighted by atomic mass is 32.1. The minimum Gasteiger partial charge on any atom is -0.140 e. The first kappa shape index (κ1) is 48.2. The maximum Gasteiger partial charge on any atom is 0.122 e. The predicted molar refractivity (Wildman–Crippen MR) is 287 cm³/mol. The van der Waals surface area contributed by atoms with Crippen molar-refractivity contribution >= 4 is 82.2 Å². The van der Waals surface area contributed by atoms with Crippen LogP contribution in [0.25, 0.3) is 19.5 Å². The second-order valence-electron chi connectivity index (χ2n) is 20.8. The molecular weight excluding hydrogens is 845 g/mol. The number of unbranched alkanes of at least 4 members (excludes halogenated alkanes) is 4. The van der Waals surface area contributed by atoms with Gasteiger partial charge in [-0.25, -0.2) is 0 Å². The van der Waals surface area contributed by atoms with Gasteiger partial charge < -0.3 is 0 Å². The lowest BCUT2D eigenvalue weighted by Crippen LogP contribution is -2.56. The second kappa shape index (κ2) is 21.7. The molecule has 4 aromatic heterocycles. The standard InChI is InChI=1S/C55H86S4Si2/c1-11-19-23-40(15-5)34-60(35-41(16-6)24-20-12-2)48-29-38(9)56-52(48)54-50(60)32-46(58-54)44-27-28-45(31-44)47-33-51-55(59-47)53-49(30-39(10)57-53)61(51,36-42(17-7)25-21-13-3)37-43(18-8)26-22-14-4/h29-30,32-33,40-45H,11-28,31,34-37H2,1-10H3. The first-order chi connectivity index (χ1) is 29.6. The van der Waals surface area contributed by atoms with Crippen LogP contribution in [-0.4, -0.2) is 16.1 Å². The summed E-state index contributed by atoms with van der Waals surface area (Å²) in [6, 6.07) is 17.3. The Labute approximate surface area is 393 Å². The molecule has 338 valence electrons. The molecule has 0 aromatic carbocycles. The number of aryl methyl sites for hydroxylation is 2. The molecule has 1 saturated carbocycles. The third-order valence-corrected chi connectivity index (χ3v) is 33.2. The van der Waals surface area contributed by atoms with Crippen molar-refractivity contribution in [3.05, 3.63) is 43.8 Å². The van der Waals surface area contributed by atoms with Crippen LogP contribution in [0.1, 0.15) is 209 Å². The third-order valence-electron chi connectivity index (χ3n) is 16.6. The van der Waals surface area contributed by atoms with Gasteiger partial charge in [0.2, 0.25) is 0 Å². The van der Waals surface area contributed by atoms with E-state index >= 15 is 0 Å². The molecule has 0 spiro atoms. The Kier molecular flexibility index (Phi) is 17.1. The molecule has 6 heterocycles. The number of thiophene rings is 4. The highest BCUT2D eigenvalue weighted by Crippen LogP contribution is 2.53. The third kappa shape index (κ3) is 9.87. The van der Waals surface area contributed by atoms with Gasteiger partial charge in [0.1, 0.15) is 16.1 Å². The van der Waals surface area contributed by atoms with Crippen LogP contribution in [0.15, 0.2) is 24.3 Å². The van der Waals surface area contributed by atoms with Gasteiger partial charge in [-0.05, 0) is 138 Å². The molecule has 2 aliphatic heterocycles. The average molecular weight is 932 g/mol. The van der Waals surface area contributed by atoms with E-state index in [4.69, 9.17) is 0 Å². The Morgan fingerprint density at radius 2 is 0.738 bits per heavy atom. The highest BCUT2D eigenvalue weighted by molar-refractivity contribution is 7.30. The lowest BCUT2D eigenvalue weighted by atomic mass is 10.0. The van der Waals surface area contributed by atoms with Gasteiger partial charge in [0, 0.05) is 39.0 Å². The van der Waals surface area contributed by atoms with Gasteiger partial charge in [0.15, 0.2) is 0 Å². The van der Waals surface area contributed by atoms with Crippen LogP contribution in [0.5, 0.6) is 0 Å². The van der Waals surface area contributed by atoms with Crippen molar-refractivity contribution in [3.63, 3.8) is 0 Å². The average Bonchev–Trinajstić information content (AvgIpc) is 4.13. The molecule has 6 unspecified atom stereocenters. The Balaban J connectivity index is 1.23. The molecule has 0 saturated heterocycles. The van der Waals surface area contributed by atoms with Crippen LogP contribution in [0, 0.1) is 37.5 Å². The van der Waals surface area contributed by atoms with Gasteiger partial charge in [0.05, 0.1) is 0 Å². The summed E-state index contributed by atoms with van der Waals surface area (Å²) in [6.45, 7) is 24.5. The summed E-state index contributed by atoms with van der Waals surface area (Å²) in [6.07, 6.45) is 26.2. The van der Waals surface area contributed by atoms with Crippen molar-refractivity contribution in [2.75, 3.05) is 0 Å². The van der Waals surface area contributed by atoms with E-state index in [0.29, 0.717) is 0 Å². The molecule has 4 aromatic rings. The summed E-state index contributed by atoms with van der Waals surface area (Å²) in [7, 11) is -3.81. The lowest BCUT2D eigenvalue weighted by Gasteiger charge is -2.35. The van der Waals surface area contributed by atoms with E-state index in [2.05, 4.69) is 139 Å². The van der Waals surface area contributed by atoms with E-state index in [0.717, 1.165) is 35.5 Å². The first-order valence-electron chi connectivity index (χ1n) is 26.1. The Hall–Kier alpha value is -0.766. The summed E-state index contributed by atoms with van der Waals surface area (Å²) in [5.74, 6) is 4.95. The molecule has 61 heavy (non-hydrogen) atoms. The molecule has 7 rings (SSSR count). The fourth-order valence-corrected chi connectivity index (χ4v) is 33.9. The molecule has 1 aliphatic carbocycles. The summed E-state index contributed by atoms with van der Waals surface area (Å²) in [5.41, 5.74) is 0. The maximum atomic E-state index is 2.91. The molecule has 0 N–H and O–H groups in total. The van der Waals surface area contributed by atoms with Crippen LogP contribution < -0.4 is 20.7 Å². The molecule has 0 bridgehead atoms. The molecule has 6 heteroatoms. The van der Waals surface area contributed by atoms with E-state index in [1.54, 1.807) is 39.0 Å². The van der Waals surface area contributed by atoms with Gasteiger partial charge in [-0.1, -0.05) is 158 Å². The molecule has 0 nitrogen and oxygen atoms in total. The van der Waals surface area contributed by atoms with E-state index in [1.807, 2.05) is 20.7 Å². The fourth-order valence-electron chi connectivity index (χ4n) is 12.9. The zero-order valence-corrected chi connectivity index (χ0v) is 45.9. The largest absolute Gasteiger partial charge is 0.140 e. The second-order valence-corrected chi connectivity index (χ2v) is 33.6. The van der Waals surface area contributed by atoms with Crippen LogP contribution >= 0.6 is 45.3 Å². The summed E-state index contributed by atoms with van der Waals surface area (Å²) >= 11 is 8.89. The Morgan fingerprint density at radius 3 is 1.03 bits per heavy atom. The minimum absolute atomic E-state index is 0.733. The Bertz CT molecular complexity index is 1810. The molecule has 6 atom stereocenters. The van der Waals surface area contributed by atoms with Gasteiger partial charge >= 0.3 is 0 Å². The summed E-state index contributed by atoms with van der Waals surface area (Å²) in [5, 5.41) is 7.58. The van der Waals surface area contributed by atoms with E-state index < -0.39 is 16.1 Å². The molecule has 0 radical (unpaired) electrons. The molecule has 0 amide bonds. The van der Waals surface area contributed by atoms with Gasteiger partial charge in [-0.15, -0.1) is 45.3 Å². The van der Waals surface area contributed by atoms with Crippen LogP contribution in [0.3, 0.4) is 0 Å². The number of hydrogen-bond acceptors (Lipinski definition) is 4. The van der Waals surface area contributed by atoms with E-state index in [-0.39, 0.29) is 0 Å². The van der Waals surface area contributed by atoms with Crippen LogP contribution in [0.2, 0.25) is 24.2 Å². The summed E-state index contributed by atoms with van der Waals surface area (Å²) < 4.78 is 0. The van der Waals surface area contributed by atoms with Gasteiger partial charge in [-0.2, -0.15) is 0 Å². The van der Waals surface area contributed by atoms with E-state index in [1.165, 1.54) is 146 Å². The van der Waals surface area contributed by atoms with Crippen molar-refractivity contribution < 1.29 is 0 Å². The SMILES string of the molecule is CCCCC(CC)C[Si]1(CC(CC)CCCC)c2cc(C)sc2-c2sc(C3CCC(c4cc5c(s4)-c4sc(C)cc4[Si]5(CC(CC)CCCC)CC(CC)CCCC)C3)cc21. The number of hydrogen-bond donors (Lipinski definition) is 0. The van der Waals surface area contributed by atoms with Crippen molar-refractivity contribution in [3.8, 4) is 19.5 Å². The lowest BCUT2D eigenvalue weighted by molar-refractivity contribution is 0.469. The van der Waals surface area contributed by atoms with Crippen molar-refractivity contribution in [2.24, 2.45) is 23.7 Å². The van der Waals surface area contributed by atoms with E-state index in [9.17, 15) is 0 Å². The number of fused-ring (bicyclic) bond motifs is 6. The first-order valence-corrected chi connectivity index (χ1v) is 34.2. The quantitative estimate of drug-likeness (QED) is 0.0551. The van der Waals surface area contributed by atoms with Gasteiger partial charge in [0.25, 0.3) is 0 Å². The van der Waals surface area contributed by atoms with Crippen LogP contribution in [0.4, 0.5) is 0 Å².